The summed E-state index contributed by atoms with van der Waals surface area (Å²) < 4.78 is 11.4. The second-order valence-electron chi connectivity index (χ2n) is 5.80. The molecule has 2 aromatic rings. The van der Waals surface area contributed by atoms with Crippen LogP contribution in [0.15, 0.2) is 58.6 Å². The summed E-state index contributed by atoms with van der Waals surface area (Å²) >= 11 is 8.90. The number of carbonyl (C=O) groups excluding carboxylic acids is 1. The van der Waals surface area contributed by atoms with E-state index in [1.165, 1.54) is 0 Å². The average Bonchev–Trinajstić information content (AvgIpc) is 2.68. The Morgan fingerprint density at radius 1 is 1.22 bits per heavy atom. The van der Waals surface area contributed by atoms with E-state index >= 15 is 0 Å². The topological polar surface area (TPSA) is 59.6 Å². The molecule has 1 aliphatic rings. The van der Waals surface area contributed by atoms with Gasteiger partial charge in [0.25, 0.3) is 0 Å². The van der Waals surface area contributed by atoms with Gasteiger partial charge in [-0.15, -0.1) is 0 Å². The van der Waals surface area contributed by atoms with E-state index in [0.717, 1.165) is 15.6 Å². The lowest BCUT2D eigenvalue weighted by Gasteiger charge is -2.31. The number of hydrogen-bond acceptors (Lipinski definition) is 4. The van der Waals surface area contributed by atoms with E-state index in [-0.39, 0.29) is 6.61 Å². The maximum atomic E-state index is 12.8. The minimum atomic E-state index is -0.449. The van der Waals surface area contributed by atoms with Gasteiger partial charge in [0.15, 0.2) is 5.11 Å². The molecule has 1 atom stereocenters. The second kappa shape index (κ2) is 8.54. The summed E-state index contributed by atoms with van der Waals surface area (Å²) in [6.07, 6.45) is 0. The first-order valence-corrected chi connectivity index (χ1v) is 9.63. The molecule has 0 bridgehead atoms. The molecule has 2 N–H and O–H groups in total. The smallest absolute Gasteiger partial charge is 0.338 e. The van der Waals surface area contributed by atoms with Gasteiger partial charge in [0.05, 0.1) is 35.5 Å². The van der Waals surface area contributed by atoms with Gasteiger partial charge in [0, 0.05) is 0 Å². The van der Waals surface area contributed by atoms with Crippen molar-refractivity contribution in [1.29, 1.82) is 0 Å². The van der Waals surface area contributed by atoms with Crippen molar-refractivity contribution in [1.82, 2.24) is 10.6 Å². The fourth-order valence-electron chi connectivity index (χ4n) is 2.94. The van der Waals surface area contributed by atoms with Gasteiger partial charge in [-0.2, -0.15) is 0 Å². The molecule has 0 radical (unpaired) electrons. The summed E-state index contributed by atoms with van der Waals surface area (Å²) in [7, 11) is 1.61. The number of nitrogens with one attached hydrogen (secondary N) is 2. The molecule has 0 fully saturated rings. The molecule has 0 aliphatic carbocycles. The Morgan fingerprint density at radius 2 is 1.96 bits per heavy atom. The number of ether oxygens (including phenoxy) is 2. The zero-order valence-electron chi connectivity index (χ0n) is 14.9. The fraction of sp³-hybridized carbons (Fsp3) is 0.200. The van der Waals surface area contributed by atoms with E-state index in [1.54, 1.807) is 14.0 Å². The van der Waals surface area contributed by atoms with Gasteiger partial charge in [-0.05, 0) is 58.3 Å². The third-order valence-corrected chi connectivity index (χ3v) is 4.98. The molecule has 0 saturated heterocycles. The Labute approximate surface area is 171 Å². The van der Waals surface area contributed by atoms with Crippen LogP contribution in [0.25, 0.3) is 5.70 Å². The number of hydrogen-bond donors (Lipinski definition) is 2. The largest absolute Gasteiger partial charge is 0.496 e. The third-order valence-electron chi connectivity index (χ3n) is 4.14. The minimum absolute atomic E-state index is 0.286. The van der Waals surface area contributed by atoms with Crippen LogP contribution in [0.2, 0.25) is 0 Å². The molecule has 1 heterocycles. The highest BCUT2D eigenvalue weighted by Crippen LogP contribution is 2.35. The maximum Gasteiger partial charge on any atom is 0.338 e. The summed E-state index contributed by atoms with van der Waals surface area (Å²) in [6, 6.07) is 14.8. The Hall–Kier alpha value is -2.38. The standard InChI is InChI=1S/C20H19BrN2O3S/c1-3-26-19(24)16-17(12-7-5-4-6-8-12)22-20(27)23-18(16)13-9-10-15(25-2)14(21)11-13/h4-11,18H,3H2,1-2H3,(H2,22,23,27)/t18-/m1/s1. The number of carbonyl (C=O) groups is 1. The molecule has 1 aliphatic heterocycles. The highest BCUT2D eigenvalue weighted by molar-refractivity contribution is 9.10. The van der Waals surface area contributed by atoms with E-state index in [2.05, 4.69) is 26.6 Å². The predicted octanol–water partition coefficient (Wildman–Crippen LogP) is 3.95. The van der Waals surface area contributed by atoms with Gasteiger partial charge in [0.2, 0.25) is 0 Å². The van der Waals surface area contributed by atoms with Crippen LogP contribution in [0.1, 0.15) is 24.1 Å². The first-order chi connectivity index (χ1) is 13.0. The van der Waals surface area contributed by atoms with Gasteiger partial charge < -0.3 is 20.1 Å². The van der Waals surface area contributed by atoms with Crippen LogP contribution in [0.5, 0.6) is 5.75 Å². The SMILES string of the molecule is CCOC(=O)C1=C(c2ccccc2)NC(=S)N[C@@H]1c1ccc(OC)c(Br)c1. The van der Waals surface area contributed by atoms with Crippen LogP contribution >= 0.6 is 28.1 Å². The summed E-state index contributed by atoms with van der Waals surface area (Å²) in [5.74, 6) is 0.316. The van der Waals surface area contributed by atoms with Crippen LogP contribution in [0, 0.1) is 0 Å². The Bertz CT molecular complexity index is 899. The Kier molecular flexibility index (Phi) is 6.13. The van der Waals surface area contributed by atoms with Gasteiger partial charge in [0.1, 0.15) is 5.75 Å². The first-order valence-electron chi connectivity index (χ1n) is 8.42. The number of halogens is 1. The van der Waals surface area contributed by atoms with Crippen molar-refractivity contribution in [2.75, 3.05) is 13.7 Å². The summed E-state index contributed by atoms with van der Waals surface area (Å²) in [6.45, 7) is 2.07. The molecule has 0 spiro atoms. The third kappa shape index (κ3) is 4.14. The van der Waals surface area contributed by atoms with Crippen LogP contribution in [-0.4, -0.2) is 24.8 Å². The molecular formula is C20H19BrN2O3S. The maximum absolute atomic E-state index is 12.8. The molecule has 0 saturated carbocycles. The van der Waals surface area contributed by atoms with Gasteiger partial charge in [-0.1, -0.05) is 36.4 Å². The van der Waals surface area contributed by atoms with Crippen molar-refractivity contribution in [2.45, 2.75) is 13.0 Å². The van der Waals surface area contributed by atoms with Crippen molar-refractivity contribution >= 4 is 44.9 Å². The van der Waals surface area contributed by atoms with Crippen molar-refractivity contribution in [2.24, 2.45) is 0 Å². The Balaban J connectivity index is 2.16. The van der Waals surface area contributed by atoms with Crippen molar-refractivity contribution < 1.29 is 14.3 Å². The number of benzene rings is 2. The summed E-state index contributed by atoms with van der Waals surface area (Å²) in [4.78, 5) is 12.8. The Morgan fingerprint density at radius 3 is 2.59 bits per heavy atom. The van der Waals surface area contributed by atoms with Crippen LogP contribution < -0.4 is 15.4 Å². The highest BCUT2D eigenvalue weighted by atomic mass is 79.9. The molecule has 3 rings (SSSR count). The number of esters is 1. The minimum Gasteiger partial charge on any atom is -0.496 e. The molecule has 7 heteroatoms. The molecule has 0 aromatic heterocycles. The number of methoxy groups -OCH3 is 1. The first kappa shape index (κ1) is 19.4. The monoisotopic (exact) mass is 446 g/mol. The lowest BCUT2D eigenvalue weighted by molar-refractivity contribution is -0.138. The average molecular weight is 447 g/mol. The van der Waals surface area contributed by atoms with E-state index in [4.69, 9.17) is 21.7 Å². The molecule has 0 amide bonds. The van der Waals surface area contributed by atoms with Crippen molar-refractivity contribution in [3.8, 4) is 5.75 Å². The van der Waals surface area contributed by atoms with Crippen LogP contribution in [0.4, 0.5) is 0 Å². The normalized spacial score (nSPS) is 16.4. The summed E-state index contributed by atoms with van der Waals surface area (Å²) in [5.41, 5.74) is 2.86. The predicted molar refractivity (Wildman–Crippen MR) is 112 cm³/mol. The lowest BCUT2D eigenvalue weighted by Crippen LogP contribution is -2.45. The molecule has 2 aromatic carbocycles. The van der Waals surface area contributed by atoms with Crippen molar-refractivity contribution in [3.63, 3.8) is 0 Å². The van der Waals surface area contributed by atoms with E-state index in [0.29, 0.717) is 22.1 Å². The van der Waals surface area contributed by atoms with E-state index < -0.39 is 12.0 Å². The fourth-order valence-corrected chi connectivity index (χ4v) is 3.72. The second-order valence-corrected chi connectivity index (χ2v) is 7.06. The van der Waals surface area contributed by atoms with E-state index in [1.807, 2.05) is 48.5 Å². The zero-order valence-corrected chi connectivity index (χ0v) is 17.3. The van der Waals surface area contributed by atoms with Crippen molar-refractivity contribution in [3.05, 3.63) is 69.7 Å². The number of rotatable bonds is 5. The highest BCUT2D eigenvalue weighted by Gasteiger charge is 2.33. The van der Waals surface area contributed by atoms with E-state index in [9.17, 15) is 4.79 Å². The van der Waals surface area contributed by atoms with Gasteiger partial charge >= 0.3 is 5.97 Å². The summed E-state index contributed by atoms with van der Waals surface area (Å²) in [5, 5.41) is 6.75. The molecular weight excluding hydrogens is 428 g/mol. The molecule has 5 nitrogen and oxygen atoms in total. The van der Waals surface area contributed by atoms with Gasteiger partial charge in [-0.25, -0.2) is 4.79 Å². The lowest BCUT2D eigenvalue weighted by atomic mass is 9.93. The molecule has 0 unspecified atom stereocenters. The quantitative estimate of drug-likeness (QED) is 0.535. The molecule has 27 heavy (non-hydrogen) atoms. The van der Waals surface area contributed by atoms with Gasteiger partial charge in [-0.3, -0.25) is 0 Å². The van der Waals surface area contributed by atoms with Crippen LogP contribution in [-0.2, 0) is 9.53 Å². The zero-order chi connectivity index (χ0) is 19.4. The molecule has 140 valence electrons. The number of thiocarbonyl (C=S) groups is 1. The van der Waals surface area contributed by atoms with Crippen LogP contribution in [0.3, 0.4) is 0 Å².